The molecule has 1 aliphatic rings. The number of aryl methyl sites for hydroxylation is 1. The molecule has 2 rings (SSSR count). The molecule has 1 aliphatic heterocycles. The summed E-state index contributed by atoms with van der Waals surface area (Å²) in [6.45, 7) is 3.16. The minimum Gasteiger partial charge on any atom is -0.368 e. The molecule has 2 heterocycles. The van der Waals surface area contributed by atoms with Gasteiger partial charge in [-0.1, -0.05) is 0 Å². The molecular weight excluding hydrogens is 259 g/mol. The number of halogens is 3. The minimum atomic E-state index is -4.19. The van der Waals surface area contributed by atoms with E-state index in [1.54, 1.807) is 6.07 Å². The number of piperazine rings is 1. The molecule has 106 valence electrons. The van der Waals surface area contributed by atoms with Crippen molar-refractivity contribution in [3.05, 3.63) is 11.8 Å². The Hall–Kier alpha value is -1.57. The van der Waals surface area contributed by atoms with Gasteiger partial charge in [0.2, 0.25) is 5.95 Å². The zero-order valence-corrected chi connectivity index (χ0v) is 10.4. The van der Waals surface area contributed by atoms with E-state index in [0.717, 1.165) is 26.2 Å². The summed E-state index contributed by atoms with van der Waals surface area (Å²) >= 11 is 0. The summed E-state index contributed by atoms with van der Waals surface area (Å²) in [5, 5.41) is 3.19. The molecule has 0 unspecified atom stereocenters. The maximum Gasteiger partial charge on any atom is 0.389 e. The first-order chi connectivity index (χ1) is 8.94. The summed E-state index contributed by atoms with van der Waals surface area (Å²) in [6, 6.07) is 1.59. The van der Waals surface area contributed by atoms with E-state index in [2.05, 4.69) is 15.3 Å². The van der Waals surface area contributed by atoms with Crippen molar-refractivity contribution < 1.29 is 13.2 Å². The topological polar surface area (TPSA) is 67.1 Å². The van der Waals surface area contributed by atoms with Crippen LogP contribution in [0, 0.1) is 0 Å². The number of anilines is 2. The van der Waals surface area contributed by atoms with Crippen molar-refractivity contribution in [2.75, 3.05) is 36.8 Å². The van der Waals surface area contributed by atoms with E-state index in [9.17, 15) is 13.2 Å². The molecular formula is C11H16F3N5. The largest absolute Gasteiger partial charge is 0.389 e. The summed E-state index contributed by atoms with van der Waals surface area (Å²) in [6.07, 6.45) is -5.26. The van der Waals surface area contributed by atoms with Crippen molar-refractivity contribution in [3.8, 4) is 0 Å². The van der Waals surface area contributed by atoms with Crippen molar-refractivity contribution in [2.24, 2.45) is 0 Å². The van der Waals surface area contributed by atoms with Gasteiger partial charge < -0.3 is 16.0 Å². The van der Waals surface area contributed by atoms with E-state index in [1.807, 2.05) is 4.90 Å². The Morgan fingerprint density at radius 3 is 2.58 bits per heavy atom. The molecule has 0 radical (unpaired) electrons. The summed E-state index contributed by atoms with van der Waals surface area (Å²) in [5.74, 6) is 0.624. The number of nitrogens with one attached hydrogen (secondary N) is 1. The fourth-order valence-electron chi connectivity index (χ4n) is 1.96. The molecule has 0 saturated carbocycles. The second kappa shape index (κ2) is 5.60. The van der Waals surface area contributed by atoms with Gasteiger partial charge in [-0.15, -0.1) is 0 Å². The van der Waals surface area contributed by atoms with Crippen LogP contribution in [0.5, 0.6) is 0 Å². The highest BCUT2D eigenvalue weighted by atomic mass is 19.4. The first kappa shape index (κ1) is 13.9. The average Bonchev–Trinajstić information content (AvgIpc) is 2.36. The molecule has 1 fully saturated rings. The molecule has 0 bridgehead atoms. The smallest absolute Gasteiger partial charge is 0.368 e. The van der Waals surface area contributed by atoms with Crippen LogP contribution in [0.3, 0.4) is 0 Å². The number of nitrogen functional groups attached to an aromatic ring is 1. The van der Waals surface area contributed by atoms with Gasteiger partial charge in [0.15, 0.2) is 0 Å². The van der Waals surface area contributed by atoms with Gasteiger partial charge in [0.25, 0.3) is 0 Å². The first-order valence-corrected chi connectivity index (χ1v) is 6.10. The number of alkyl halides is 3. The van der Waals surface area contributed by atoms with Crippen molar-refractivity contribution >= 4 is 11.8 Å². The second-order valence-corrected chi connectivity index (χ2v) is 4.43. The highest BCUT2D eigenvalue weighted by molar-refractivity contribution is 5.44. The summed E-state index contributed by atoms with van der Waals surface area (Å²) in [4.78, 5) is 9.93. The number of rotatable bonds is 3. The maximum atomic E-state index is 12.2. The van der Waals surface area contributed by atoms with Crippen LogP contribution in [0.25, 0.3) is 0 Å². The third-order valence-corrected chi connectivity index (χ3v) is 2.89. The molecule has 1 saturated heterocycles. The van der Waals surface area contributed by atoms with Crippen molar-refractivity contribution in [2.45, 2.75) is 19.0 Å². The van der Waals surface area contributed by atoms with E-state index in [4.69, 9.17) is 5.73 Å². The van der Waals surface area contributed by atoms with Gasteiger partial charge in [-0.25, -0.2) is 4.98 Å². The van der Waals surface area contributed by atoms with Gasteiger partial charge >= 0.3 is 6.18 Å². The van der Waals surface area contributed by atoms with E-state index in [1.165, 1.54) is 0 Å². The normalized spacial score (nSPS) is 16.7. The lowest BCUT2D eigenvalue weighted by Gasteiger charge is -2.28. The lowest BCUT2D eigenvalue weighted by atomic mass is 10.2. The van der Waals surface area contributed by atoms with Gasteiger partial charge in [0.05, 0.1) is 0 Å². The summed E-state index contributed by atoms with van der Waals surface area (Å²) in [7, 11) is 0. The maximum absolute atomic E-state index is 12.2. The molecule has 0 amide bonds. The highest BCUT2D eigenvalue weighted by Crippen LogP contribution is 2.23. The van der Waals surface area contributed by atoms with Crippen LogP contribution in [-0.4, -0.2) is 42.3 Å². The third kappa shape index (κ3) is 4.23. The zero-order valence-electron chi connectivity index (χ0n) is 10.4. The number of nitrogens with zero attached hydrogens (tertiary/aromatic N) is 3. The van der Waals surface area contributed by atoms with Crippen LogP contribution in [0.4, 0.5) is 24.9 Å². The summed E-state index contributed by atoms with van der Waals surface area (Å²) in [5.41, 5.74) is 5.89. The Labute approximate surface area is 109 Å². The molecule has 0 aromatic carbocycles. The number of hydrogen-bond acceptors (Lipinski definition) is 5. The Bertz CT molecular complexity index is 429. The van der Waals surface area contributed by atoms with Crippen LogP contribution < -0.4 is 16.0 Å². The quantitative estimate of drug-likeness (QED) is 0.860. The van der Waals surface area contributed by atoms with E-state index in [-0.39, 0.29) is 12.4 Å². The van der Waals surface area contributed by atoms with Crippen LogP contribution in [0.1, 0.15) is 12.1 Å². The standard InChI is InChI=1S/C11H16F3N5/c12-11(13,14)2-1-8-7-9(18-10(15)17-8)19-5-3-16-4-6-19/h7,16H,1-6H2,(H2,15,17,18). The van der Waals surface area contributed by atoms with Crippen molar-refractivity contribution in [1.82, 2.24) is 15.3 Å². The molecule has 5 nitrogen and oxygen atoms in total. The number of nitrogens with two attached hydrogens (primary N) is 1. The SMILES string of the molecule is Nc1nc(CCC(F)(F)F)cc(N2CCNCC2)n1. The third-order valence-electron chi connectivity index (χ3n) is 2.89. The van der Waals surface area contributed by atoms with Gasteiger partial charge in [-0.3, -0.25) is 0 Å². The molecule has 1 aromatic heterocycles. The molecule has 1 aromatic rings. The fraction of sp³-hybridized carbons (Fsp3) is 0.636. The Kier molecular flexibility index (Phi) is 4.08. The highest BCUT2D eigenvalue weighted by Gasteiger charge is 2.27. The lowest BCUT2D eigenvalue weighted by Crippen LogP contribution is -2.44. The van der Waals surface area contributed by atoms with Gasteiger partial charge in [-0.2, -0.15) is 18.2 Å². The van der Waals surface area contributed by atoms with Crippen LogP contribution >= 0.6 is 0 Å². The van der Waals surface area contributed by atoms with Gasteiger partial charge in [0.1, 0.15) is 5.82 Å². The van der Waals surface area contributed by atoms with Gasteiger partial charge in [-0.05, 0) is 6.42 Å². The van der Waals surface area contributed by atoms with E-state index >= 15 is 0 Å². The number of aromatic nitrogens is 2. The van der Waals surface area contributed by atoms with E-state index in [0.29, 0.717) is 11.5 Å². The fourth-order valence-corrected chi connectivity index (χ4v) is 1.96. The Balaban J connectivity index is 2.10. The van der Waals surface area contributed by atoms with Crippen molar-refractivity contribution in [3.63, 3.8) is 0 Å². The van der Waals surface area contributed by atoms with Crippen LogP contribution in [-0.2, 0) is 6.42 Å². The molecule has 8 heteroatoms. The molecule has 19 heavy (non-hydrogen) atoms. The van der Waals surface area contributed by atoms with Gasteiger partial charge in [0, 0.05) is 44.4 Å². The van der Waals surface area contributed by atoms with Crippen molar-refractivity contribution in [1.29, 1.82) is 0 Å². The first-order valence-electron chi connectivity index (χ1n) is 6.10. The molecule has 3 N–H and O–H groups in total. The van der Waals surface area contributed by atoms with E-state index < -0.39 is 12.6 Å². The zero-order chi connectivity index (χ0) is 13.9. The second-order valence-electron chi connectivity index (χ2n) is 4.43. The molecule has 0 atom stereocenters. The molecule has 0 aliphatic carbocycles. The van der Waals surface area contributed by atoms with Crippen LogP contribution in [0.15, 0.2) is 6.07 Å². The Morgan fingerprint density at radius 2 is 1.95 bits per heavy atom. The monoisotopic (exact) mass is 275 g/mol. The molecule has 0 spiro atoms. The summed E-state index contributed by atoms with van der Waals surface area (Å²) < 4.78 is 36.6. The number of hydrogen-bond donors (Lipinski definition) is 2. The predicted octanol–water partition coefficient (Wildman–Crippen LogP) is 0.963. The lowest BCUT2D eigenvalue weighted by molar-refractivity contribution is -0.134. The Morgan fingerprint density at radius 1 is 1.26 bits per heavy atom. The average molecular weight is 275 g/mol. The van der Waals surface area contributed by atoms with Crippen LogP contribution in [0.2, 0.25) is 0 Å². The minimum absolute atomic E-state index is 0.0215. The predicted molar refractivity (Wildman–Crippen MR) is 65.9 cm³/mol.